The summed E-state index contributed by atoms with van der Waals surface area (Å²) in [5.41, 5.74) is 3.34. The number of halogens is 1. The third-order valence-corrected chi connectivity index (χ3v) is 13.5. The van der Waals surface area contributed by atoms with Gasteiger partial charge in [-0.1, -0.05) is 173 Å². The minimum atomic E-state index is -1.05. The number of alkyl halides is 1. The smallest absolute Gasteiger partial charge is 0.356 e. The van der Waals surface area contributed by atoms with E-state index in [-0.39, 0.29) is 17.1 Å². The molecule has 8 rings (SSSR count). The maximum atomic E-state index is 14.4. The van der Waals surface area contributed by atoms with E-state index in [2.05, 4.69) is 31.7 Å². The molecule has 0 bridgehead atoms. The zero-order chi connectivity index (χ0) is 46.3. The van der Waals surface area contributed by atoms with E-state index in [1.807, 2.05) is 152 Å². The summed E-state index contributed by atoms with van der Waals surface area (Å²) in [6.07, 6.45) is -0.737. The molecular weight excluding hydrogens is 939 g/mol. The first-order valence-corrected chi connectivity index (χ1v) is 24.2. The molecule has 0 spiro atoms. The summed E-state index contributed by atoms with van der Waals surface area (Å²) in [6.45, 7) is 4.60. The molecule has 1 fully saturated rings. The second kappa shape index (κ2) is 20.3. The van der Waals surface area contributed by atoms with Gasteiger partial charge in [-0.05, 0) is 54.2 Å². The maximum Gasteiger partial charge on any atom is 0.356 e. The molecule has 3 heterocycles. The van der Waals surface area contributed by atoms with Crippen molar-refractivity contribution >= 4 is 73.6 Å². The third-order valence-electron chi connectivity index (χ3n) is 10.8. The maximum absolute atomic E-state index is 14.4. The predicted molar refractivity (Wildman–Crippen MR) is 260 cm³/mol. The normalized spacial score (nSPS) is 16.2. The number of amides is 2. The van der Waals surface area contributed by atoms with Crippen LogP contribution in [0.15, 0.2) is 173 Å². The Balaban J connectivity index is 1.08. The summed E-state index contributed by atoms with van der Waals surface area (Å²) >= 11 is 6.17. The molecule has 0 saturated carbocycles. The van der Waals surface area contributed by atoms with E-state index in [4.69, 9.17) is 19.3 Å². The van der Waals surface area contributed by atoms with E-state index in [9.17, 15) is 19.2 Å². The van der Waals surface area contributed by atoms with Crippen molar-refractivity contribution in [3.05, 3.63) is 202 Å². The van der Waals surface area contributed by atoms with Crippen LogP contribution in [-0.4, -0.2) is 74.1 Å². The van der Waals surface area contributed by atoms with Gasteiger partial charge in [0.15, 0.2) is 16.9 Å². The number of hydrogen-bond acceptors (Lipinski definition) is 12. The lowest BCUT2D eigenvalue weighted by molar-refractivity contribution is -0.160. The number of aromatic nitrogens is 1. The molecule has 66 heavy (non-hydrogen) atoms. The number of oxime groups is 1. The van der Waals surface area contributed by atoms with Crippen molar-refractivity contribution < 1.29 is 33.5 Å². The number of carbonyl (C=O) groups is 4. The first-order valence-electron chi connectivity index (χ1n) is 21.1. The molecule has 0 unspecified atom stereocenters. The largest absolute Gasteiger partial charge is 0.457 e. The Morgan fingerprint density at radius 3 is 1.82 bits per heavy atom. The summed E-state index contributed by atoms with van der Waals surface area (Å²) in [7, 11) is 0. The SMILES string of the molecule is CC(C)(C)OC(=O)CO/N=C(\C(=O)N[C@@H]1C(=O)N2C(C(=O)OC(c3ccccc3)c3ccccc3)=C(CBr)CS[C@H]12)c1csc(NC(c2ccccc2)(c2ccccc2)c2ccccc2)n1. The zero-order valence-corrected chi connectivity index (χ0v) is 39.5. The van der Waals surface area contributed by atoms with Gasteiger partial charge in [0, 0.05) is 16.5 Å². The highest BCUT2D eigenvalue weighted by Gasteiger charge is 2.55. The number of nitrogens with zero attached hydrogens (tertiary/aromatic N) is 3. The fraction of sp³-hybridized carbons (Fsp3) is 0.216. The van der Waals surface area contributed by atoms with Crippen molar-refractivity contribution in [2.45, 2.75) is 49.4 Å². The van der Waals surface area contributed by atoms with Crippen LogP contribution in [0, 0.1) is 0 Å². The van der Waals surface area contributed by atoms with Crippen LogP contribution in [0.1, 0.15) is 60.4 Å². The Morgan fingerprint density at radius 2 is 1.32 bits per heavy atom. The third kappa shape index (κ3) is 9.98. The van der Waals surface area contributed by atoms with Crippen molar-refractivity contribution in [3.8, 4) is 0 Å². The minimum absolute atomic E-state index is 0.130. The molecule has 0 radical (unpaired) electrons. The van der Waals surface area contributed by atoms with Crippen molar-refractivity contribution in [1.29, 1.82) is 0 Å². The first kappa shape index (κ1) is 46.0. The average molecular weight is 985 g/mol. The minimum Gasteiger partial charge on any atom is -0.457 e. The van der Waals surface area contributed by atoms with Crippen LogP contribution in [-0.2, 0) is 39.0 Å². The lowest BCUT2D eigenvalue weighted by Gasteiger charge is -2.49. The molecule has 1 aromatic heterocycles. The number of thiazole rings is 1. The number of rotatable bonds is 16. The second-order valence-electron chi connectivity index (χ2n) is 16.4. The van der Waals surface area contributed by atoms with Crippen LogP contribution < -0.4 is 10.6 Å². The standard InChI is InChI=1S/C51H46BrN5O7S2/c1-50(2,3)64-40(58)30-62-56-41(39-32-66-49(53-39)55-51(36-23-13-6-14-24-36,37-25-15-7-16-26-37)38-27-17-8-18-28-38)45(59)54-42-46(60)57-43(35(29-52)31-65-47(42)57)48(61)63-44(33-19-9-4-10-20-33)34-21-11-5-12-22-34/h4-28,32,42,44,47H,29-31H2,1-3H3,(H,53,55)(H,54,59)/b56-41-/t42-,47-/m1/s1. The summed E-state index contributed by atoms with van der Waals surface area (Å²) in [5.74, 6) is -2.24. The molecular formula is C51H46BrN5O7S2. The molecule has 2 atom stereocenters. The van der Waals surface area contributed by atoms with Crippen molar-refractivity contribution in [2.24, 2.45) is 5.16 Å². The highest BCUT2D eigenvalue weighted by molar-refractivity contribution is 9.09. The molecule has 2 aliphatic rings. The number of anilines is 1. The van der Waals surface area contributed by atoms with E-state index in [1.165, 1.54) is 28.0 Å². The molecule has 2 aliphatic heterocycles. The van der Waals surface area contributed by atoms with Crippen molar-refractivity contribution in [2.75, 3.05) is 23.0 Å². The van der Waals surface area contributed by atoms with Crippen molar-refractivity contribution in [3.63, 3.8) is 0 Å². The van der Waals surface area contributed by atoms with Crippen LogP contribution in [0.5, 0.6) is 0 Å². The highest BCUT2D eigenvalue weighted by Crippen LogP contribution is 2.43. The lowest BCUT2D eigenvalue weighted by Crippen LogP contribution is -2.71. The van der Waals surface area contributed by atoms with Crippen LogP contribution in [0.2, 0.25) is 0 Å². The lowest BCUT2D eigenvalue weighted by atomic mass is 9.77. The molecule has 12 nitrogen and oxygen atoms in total. The monoisotopic (exact) mass is 983 g/mol. The number of carbonyl (C=O) groups excluding carboxylic acids is 4. The Labute approximate surface area is 399 Å². The van der Waals surface area contributed by atoms with Gasteiger partial charge in [-0.15, -0.1) is 23.1 Å². The van der Waals surface area contributed by atoms with Crippen LogP contribution in [0.4, 0.5) is 5.13 Å². The number of esters is 2. The van der Waals surface area contributed by atoms with Gasteiger partial charge < -0.3 is 24.9 Å². The Bertz CT molecular complexity index is 2600. The van der Waals surface area contributed by atoms with Gasteiger partial charge in [0.05, 0.1) is 0 Å². The van der Waals surface area contributed by atoms with Gasteiger partial charge in [-0.3, -0.25) is 14.5 Å². The Kier molecular flexibility index (Phi) is 14.2. The molecule has 5 aromatic carbocycles. The van der Waals surface area contributed by atoms with Gasteiger partial charge in [0.1, 0.15) is 33.9 Å². The molecule has 6 aromatic rings. The highest BCUT2D eigenvalue weighted by atomic mass is 79.9. The number of β-lactam (4-membered cyclic amide) rings is 1. The van der Waals surface area contributed by atoms with Gasteiger partial charge in [0.25, 0.3) is 11.8 Å². The quantitative estimate of drug-likeness (QED) is 0.0241. The van der Waals surface area contributed by atoms with Gasteiger partial charge in [-0.25, -0.2) is 14.6 Å². The van der Waals surface area contributed by atoms with Gasteiger partial charge >= 0.3 is 11.9 Å². The Morgan fingerprint density at radius 1 is 0.803 bits per heavy atom. The molecule has 1 saturated heterocycles. The fourth-order valence-corrected chi connectivity index (χ4v) is 10.7. The van der Waals surface area contributed by atoms with Gasteiger partial charge in [-0.2, -0.15) is 0 Å². The zero-order valence-electron chi connectivity index (χ0n) is 36.3. The number of thioether (sulfide) groups is 1. The van der Waals surface area contributed by atoms with E-state index >= 15 is 0 Å². The van der Waals surface area contributed by atoms with Crippen molar-refractivity contribution in [1.82, 2.24) is 15.2 Å². The fourth-order valence-electron chi connectivity index (χ4n) is 7.84. The molecule has 0 aliphatic carbocycles. The van der Waals surface area contributed by atoms with Crippen LogP contribution in [0.25, 0.3) is 0 Å². The topological polar surface area (TPSA) is 149 Å². The van der Waals surface area contributed by atoms with E-state index < -0.39 is 59.0 Å². The average Bonchev–Trinajstić information content (AvgIpc) is 3.81. The summed E-state index contributed by atoms with van der Waals surface area (Å²) in [6, 6.07) is 47.7. The van der Waals surface area contributed by atoms with Crippen LogP contribution in [0.3, 0.4) is 0 Å². The number of nitrogens with one attached hydrogen (secondary N) is 2. The molecule has 15 heteroatoms. The van der Waals surface area contributed by atoms with E-state index in [0.717, 1.165) is 27.8 Å². The summed E-state index contributed by atoms with van der Waals surface area (Å²) < 4.78 is 11.6. The number of fused-ring (bicyclic) bond motifs is 1. The summed E-state index contributed by atoms with van der Waals surface area (Å²) in [4.78, 5) is 67.3. The van der Waals surface area contributed by atoms with Crippen LogP contribution >= 0.6 is 39.0 Å². The number of hydrogen-bond donors (Lipinski definition) is 2. The first-order chi connectivity index (χ1) is 32.0. The molecule has 2 amide bonds. The predicted octanol–water partition coefficient (Wildman–Crippen LogP) is 8.99. The van der Waals surface area contributed by atoms with E-state index in [1.54, 1.807) is 26.2 Å². The molecule has 2 N–H and O–H groups in total. The van der Waals surface area contributed by atoms with Gasteiger partial charge in [0.2, 0.25) is 6.61 Å². The second-order valence-corrected chi connectivity index (χ2v) is 18.9. The Hall–Kier alpha value is -6.55. The number of benzene rings is 5. The van der Waals surface area contributed by atoms with E-state index in [0.29, 0.717) is 21.8 Å². The molecule has 336 valence electrons. The summed E-state index contributed by atoms with van der Waals surface area (Å²) in [5, 5.41) is 12.5. The number of ether oxygens (including phenoxy) is 2.